The quantitative estimate of drug-likeness (QED) is 0.444. The number of aromatic nitrogens is 2. The van der Waals surface area contributed by atoms with Crippen molar-refractivity contribution in [3.05, 3.63) is 70.0 Å². The Morgan fingerprint density at radius 3 is 2.55 bits per heavy atom. The van der Waals surface area contributed by atoms with Crippen LogP contribution in [0.5, 0.6) is 23.0 Å². The molecule has 9 nitrogen and oxygen atoms in total. The number of carbonyl (C=O) groups is 1. The van der Waals surface area contributed by atoms with Gasteiger partial charge in [0.15, 0.2) is 28.7 Å². The first-order valence-corrected chi connectivity index (χ1v) is 13.1. The van der Waals surface area contributed by atoms with E-state index in [1.807, 2.05) is 43.3 Å². The number of amides is 1. The molecular weight excluding hydrogens is 508 g/mol. The van der Waals surface area contributed by atoms with Gasteiger partial charge in [-0.2, -0.15) is 10.2 Å². The Labute approximate surface area is 224 Å². The average molecular weight is 533 g/mol. The summed E-state index contributed by atoms with van der Waals surface area (Å²) in [6, 6.07) is 11.4. The predicted octanol–water partition coefficient (Wildman–Crippen LogP) is 5.45. The maximum absolute atomic E-state index is 13.9. The average Bonchev–Trinajstić information content (AvgIpc) is 3.72. The van der Waals surface area contributed by atoms with Crippen LogP contribution in [-0.4, -0.2) is 40.0 Å². The summed E-state index contributed by atoms with van der Waals surface area (Å²) in [5.41, 5.74) is 4.15. The Bertz CT molecular complexity index is 1510. The lowest BCUT2D eigenvalue weighted by atomic mass is 9.77. The van der Waals surface area contributed by atoms with Crippen molar-refractivity contribution >= 4 is 29.3 Å². The number of benzene rings is 2. The molecule has 4 aliphatic rings. The van der Waals surface area contributed by atoms with Gasteiger partial charge in [-0.1, -0.05) is 23.7 Å². The highest BCUT2D eigenvalue weighted by molar-refractivity contribution is 6.33. The third-order valence-corrected chi connectivity index (χ3v) is 7.71. The smallest absolute Gasteiger partial charge is 0.296 e. The van der Waals surface area contributed by atoms with E-state index in [1.165, 1.54) is 0 Å². The number of hydrogen-bond donors (Lipinski definition) is 0. The van der Waals surface area contributed by atoms with Crippen LogP contribution in [0.4, 0.5) is 0 Å². The highest BCUT2D eigenvalue weighted by Crippen LogP contribution is 2.47. The minimum atomic E-state index is -0.325. The number of aryl methyl sites for hydroxylation is 1. The van der Waals surface area contributed by atoms with E-state index in [4.69, 9.17) is 35.6 Å². The van der Waals surface area contributed by atoms with E-state index >= 15 is 0 Å². The molecule has 10 heteroatoms. The zero-order valence-electron chi connectivity index (χ0n) is 20.7. The lowest BCUT2D eigenvalue weighted by molar-refractivity contribution is 0.0673. The molecule has 0 N–H and O–H groups in total. The molecule has 194 valence electrons. The first kappa shape index (κ1) is 23.2. The number of fused-ring (bicyclic) bond motifs is 3. The molecule has 1 aliphatic carbocycles. The molecule has 3 aliphatic heterocycles. The molecule has 2 aromatic carbocycles. The molecule has 38 heavy (non-hydrogen) atoms. The zero-order valence-corrected chi connectivity index (χ0v) is 21.5. The Hall–Kier alpha value is -3.98. The summed E-state index contributed by atoms with van der Waals surface area (Å²) in [4.78, 5) is 13.9. The molecule has 1 aromatic heterocycles. The largest absolute Gasteiger partial charge is 0.454 e. The Morgan fingerprint density at radius 1 is 1.05 bits per heavy atom. The number of hydrogen-bond acceptors (Lipinski definition) is 7. The summed E-state index contributed by atoms with van der Waals surface area (Å²) in [6.07, 6.45) is 6.55. The van der Waals surface area contributed by atoms with E-state index in [9.17, 15) is 4.79 Å². The fourth-order valence-corrected chi connectivity index (χ4v) is 5.85. The van der Waals surface area contributed by atoms with Crippen molar-refractivity contribution in [2.75, 3.05) is 13.6 Å². The van der Waals surface area contributed by atoms with Crippen molar-refractivity contribution in [1.29, 1.82) is 0 Å². The zero-order chi connectivity index (χ0) is 25.8. The van der Waals surface area contributed by atoms with Crippen LogP contribution in [0.1, 0.15) is 53.8 Å². The van der Waals surface area contributed by atoms with E-state index < -0.39 is 0 Å². The molecule has 2 atom stereocenters. The van der Waals surface area contributed by atoms with Crippen molar-refractivity contribution in [2.45, 2.75) is 38.8 Å². The molecule has 0 saturated heterocycles. The van der Waals surface area contributed by atoms with Crippen LogP contribution in [0.25, 0.3) is 6.08 Å². The SMILES string of the molecule is CCn1cc(Cl)c(C(=O)N2N=C3/C(=C/c4ccc5c(c4)OCO5)CCCC3C2c2ccc3c(c2)OCO3)n1. The molecule has 7 rings (SSSR count). The van der Waals surface area contributed by atoms with Crippen molar-refractivity contribution in [3.8, 4) is 23.0 Å². The van der Waals surface area contributed by atoms with Crippen molar-refractivity contribution < 1.29 is 23.7 Å². The van der Waals surface area contributed by atoms with Crippen molar-refractivity contribution in [3.63, 3.8) is 0 Å². The Balaban J connectivity index is 1.30. The van der Waals surface area contributed by atoms with Gasteiger partial charge in [0.2, 0.25) is 13.6 Å². The number of rotatable bonds is 4. The standard InChI is InChI=1S/C28H25ClN4O5/c1-2-32-13-20(29)26(30-32)28(34)33-27(18-7-9-22-24(12-18)38-15-36-22)19-5-3-4-17(25(19)31-33)10-16-6-8-21-23(11-16)37-14-35-21/h6-13,19,27H,2-5,14-15H2,1H3/b17-10+. The van der Waals surface area contributed by atoms with Crippen LogP contribution < -0.4 is 18.9 Å². The first-order chi connectivity index (χ1) is 18.6. The monoisotopic (exact) mass is 532 g/mol. The molecule has 1 fully saturated rings. The van der Waals surface area contributed by atoms with Gasteiger partial charge in [-0.05, 0) is 73.2 Å². The third-order valence-electron chi connectivity index (χ3n) is 7.43. The Kier molecular flexibility index (Phi) is 5.54. The van der Waals surface area contributed by atoms with Gasteiger partial charge in [0, 0.05) is 18.7 Å². The molecule has 1 saturated carbocycles. The molecule has 0 bridgehead atoms. The maximum Gasteiger partial charge on any atom is 0.296 e. The van der Waals surface area contributed by atoms with E-state index in [0.29, 0.717) is 23.1 Å². The van der Waals surface area contributed by atoms with Crippen molar-refractivity contribution in [2.24, 2.45) is 11.0 Å². The fraction of sp³-hybridized carbons (Fsp3) is 0.321. The minimum absolute atomic E-state index is 0.0142. The third kappa shape index (κ3) is 3.80. The molecule has 0 spiro atoms. The summed E-state index contributed by atoms with van der Waals surface area (Å²) >= 11 is 6.45. The van der Waals surface area contributed by atoms with Crippen LogP contribution in [0, 0.1) is 5.92 Å². The van der Waals surface area contributed by atoms with Crippen LogP contribution in [0.3, 0.4) is 0 Å². The highest BCUT2D eigenvalue weighted by atomic mass is 35.5. The second-order valence-electron chi connectivity index (χ2n) is 9.65. The van der Waals surface area contributed by atoms with Gasteiger partial charge in [0.25, 0.3) is 5.91 Å². The second-order valence-corrected chi connectivity index (χ2v) is 10.1. The summed E-state index contributed by atoms with van der Waals surface area (Å²) in [7, 11) is 0. The minimum Gasteiger partial charge on any atom is -0.454 e. The fourth-order valence-electron chi connectivity index (χ4n) is 5.61. The first-order valence-electron chi connectivity index (χ1n) is 12.7. The molecule has 3 aromatic rings. The van der Waals surface area contributed by atoms with Gasteiger partial charge in [-0.25, -0.2) is 5.01 Å². The predicted molar refractivity (Wildman–Crippen MR) is 140 cm³/mol. The van der Waals surface area contributed by atoms with Gasteiger partial charge in [0.1, 0.15) is 0 Å². The van der Waals surface area contributed by atoms with E-state index in [0.717, 1.165) is 53.2 Å². The van der Waals surface area contributed by atoms with Gasteiger partial charge in [-0.3, -0.25) is 9.48 Å². The lowest BCUT2D eigenvalue weighted by Gasteiger charge is -2.29. The van der Waals surface area contributed by atoms with E-state index in [2.05, 4.69) is 11.2 Å². The number of nitrogens with zero attached hydrogens (tertiary/aromatic N) is 4. The van der Waals surface area contributed by atoms with Crippen LogP contribution >= 0.6 is 11.6 Å². The maximum atomic E-state index is 13.9. The van der Waals surface area contributed by atoms with E-state index in [-0.39, 0.29) is 37.1 Å². The van der Waals surface area contributed by atoms with Gasteiger partial charge < -0.3 is 18.9 Å². The molecule has 0 radical (unpaired) electrons. The van der Waals surface area contributed by atoms with Crippen LogP contribution in [-0.2, 0) is 6.54 Å². The van der Waals surface area contributed by atoms with Gasteiger partial charge in [0.05, 0.1) is 16.8 Å². The normalized spacial score (nSPS) is 22.1. The number of allylic oxidation sites excluding steroid dienone is 1. The van der Waals surface area contributed by atoms with E-state index in [1.54, 1.807) is 15.9 Å². The lowest BCUT2D eigenvalue weighted by Crippen LogP contribution is -2.32. The topological polar surface area (TPSA) is 87.4 Å². The van der Waals surface area contributed by atoms with Crippen LogP contribution in [0.15, 0.2) is 53.3 Å². The number of ether oxygens (including phenoxy) is 4. The summed E-state index contributed by atoms with van der Waals surface area (Å²) in [6.45, 7) is 2.97. The summed E-state index contributed by atoms with van der Waals surface area (Å²) in [5, 5.41) is 11.3. The van der Waals surface area contributed by atoms with Crippen LogP contribution in [0.2, 0.25) is 5.02 Å². The second kappa shape index (κ2) is 9.09. The number of halogens is 1. The van der Waals surface area contributed by atoms with Gasteiger partial charge >= 0.3 is 0 Å². The number of carbonyl (C=O) groups excluding carboxylic acids is 1. The molecular formula is C28H25ClN4O5. The molecule has 2 unspecified atom stereocenters. The van der Waals surface area contributed by atoms with Gasteiger partial charge in [-0.15, -0.1) is 0 Å². The summed E-state index contributed by atoms with van der Waals surface area (Å²) < 4.78 is 23.9. The molecule has 4 heterocycles. The highest BCUT2D eigenvalue weighted by Gasteiger charge is 2.45. The molecule has 1 amide bonds. The summed E-state index contributed by atoms with van der Waals surface area (Å²) in [5.74, 6) is 2.53. The Morgan fingerprint density at radius 2 is 1.79 bits per heavy atom. The van der Waals surface area contributed by atoms with Crippen molar-refractivity contribution in [1.82, 2.24) is 14.8 Å². The number of hydrazone groups is 1.